The molecule has 0 aliphatic rings. The SMILES string of the molecule is CNCC(C)C(=O)c1ccc(C)cc1. The summed E-state index contributed by atoms with van der Waals surface area (Å²) < 4.78 is 0. The number of benzene rings is 1. The van der Waals surface area contributed by atoms with Crippen molar-refractivity contribution < 1.29 is 4.79 Å². The number of rotatable bonds is 4. The van der Waals surface area contributed by atoms with Crippen LogP contribution in [0.4, 0.5) is 0 Å². The van der Waals surface area contributed by atoms with Crippen molar-refractivity contribution in [1.82, 2.24) is 5.32 Å². The molecule has 0 aliphatic heterocycles. The zero-order chi connectivity index (χ0) is 10.6. The van der Waals surface area contributed by atoms with Gasteiger partial charge in [0, 0.05) is 18.0 Å². The molecule has 1 atom stereocenters. The molecule has 1 rings (SSSR count). The van der Waals surface area contributed by atoms with Gasteiger partial charge in [-0.1, -0.05) is 36.8 Å². The Morgan fingerprint density at radius 2 is 1.93 bits per heavy atom. The molecule has 0 amide bonds. The van der Waals surface area contributed by atoms with Crippen LogP contribution >= 0.6 is 0 Å². The third-order valence-corrected chi connectivity index (χ3v) is 2.29. The molecule has 1 aromatic carbocycles. The number of aryl methyl sites for hydroxylation is 1. The quantitative estimate of drug-likeness (QED) is 0.738. The molecule has 1 unspecified atom stereocenters. The minimum atomic E-state index is 0.0442. The first-order valence-corrected chi connectivity index (χ1v) is 4.90. The van der Waals surface area contributed by atoms with Crippen LogP contribution in [0.3, 0.4) is 0 Å². The van der Waals surface area contributed by atoms with Crippen LogP contribution in [0, 0.1) is 12.8 Å². The average molecular weight is 191 g/mol. The van der Waals surface area contributed by atoms with Gasteiger partial charge in [0.2, 0.25) is 0 Å². The molecule has 2 heteroatoms. The van der Waals surface area contributed by atoms with Crippen LogP contribution in [0.5, 0.6) is 0 Å². The minimum Gasteiger partial charge on any atom is -0.319 e. The van der Waals surface area contributed by atoms with E-state index in [0.29, 0.717) is 0 Å². The molecule has 0 saturated carbocycles. The number of hydrogen-bond donors (Lipinski definition) is 1. The number of hydrogen-bond acceptors (Lipinski definition) is 2. The molecule has 0 aliphatic carbocycles. The van der Waals surface area contributed by atoms with Gasteiger partial charge in [0.15, 0.2) is 5.78 Å². The third-order valence-electron chi connectivity index (χ3n) is 2.29. The van der Waals surface area contributed by atoms with Crippen molar-refractivity contribution in [3.8, 4) is 0 Å². The van der Waals surface area contributed by atoms with Gasteiger partial charge in [-0.15, -0.1) is 0 Å². The Balaban J connectivity index is 2.74. The second-order valence-corrected chi connectivity index (χ2v) is 3.69. The van der Waals surface area contributed by atoms with E-state index in [1.165, 1.54) is 5.56 Å². The van der Waals surface area contributed by atoms with Crippen molar-refractivity contribution in [2.45, 2.75) is 13.8 Å². The van der Waals surface area contributed by atoms with Crippen LogP contribution < -0.4 is 5.32 Å². The van der Waals surface area contributed by atoms with Gasteiger partial charge in [0.1, 0.15) is 0 Å². The van der Waals surface area contributed by atoms with Crippen LogP contribution in [0.25, 0.3) is 0 Å². The highest BCUT2D eigenvalue weighted by Gasteiger charge is 2.13. The van der Waals surface area contributed by atoms with Gasteiger partial charge < -0.3 is 5.32 Å². The average Bonchev–Trinajstić information content (AvgIpc) is 2.18. The lowest BCUT2D eigenvalue weighted by Gasteiger charge is -2.09. The highest BCUT2D eigenvalue weighted by molar-refractivity contribution is 5.97. The lowest BCUT2D eigenvalue weighted by Crippen LogP contribution is -2.23. The fraction of sp³-hybridized carbons (Fsp3) is 0.417. The maximum atomic E-state index is 11.8. The van der Waals surface area contributed by atoms with E-state index in [1.807, 2.05) is 45.2 Å². The first kappa shape index (κ1) is 10.9. The summed E-state index contributed by atoms with van der Waals surface area (Å²) in [5.74, 6) is 0.252. The summed E-state index contributed by atoms with van der Waals surface area (Å²) in [5.41, 5.74) is 1.99. The minimum absolute atomic E-state index is 0.0442. The summed E-state index contributed by atoms with van der Waals surface area (Å²) in [4.78, 5) is 11.8. The van der Waals surface area contributed by atoms with Crippen LogP contribution in [-0.2, 0) is 0 Å². The van der Waals surface area contributed by atoms with E-state index >= 15 is 0 Å². The number of nitrogens with one attached hydrogen (secondary N) is 1. The maximum Gasteiger partial charge on any atom is 0.166 e. The lowest BCUT2D eigenvalue weighted by molar-refractivity contribution is 0.0930. The summed E-state index contributed by atoms with van der Waals surface area (Å²) in [5, 5.41) is 3.01. The Labute approximate surface area is 85.3 Å². The van der Waals surface area contributed by atoms with Crippen molar-refractivity contribution in [1.29, 1.82) is 0 Å². The van der Waals surface area contributed by atoms with Crippen LogP contribution in [0.2, 0.25) is 0 Å². The highest BCUT2D eigenvalue weighted by Crippen LogP contribution is 2.09. The van der Waals surface area contributed by atoms with E-state index in [-0.39, 0.29) is 11.7 Å². The second-order valence-electron chi connectivity index (χ2n) is 3.69. The molecule has 0 heterocycles. The Bertz CT molecular complexity index is 303. The molecule has 0 fully saturated rings. The molecule has 76 valence electrons. The zero-order valence-corrected chi connectivity index (χ0v) is 9.00. The first-order valence-electron chi connectivity index (χ1n) is 4.90. The van der Waals surface area contributed by atoms with Crippen LogP contribution in [0.15, 0.2) is 24.3 Å². The fourth-order valence-electron chi connectivity index (χ4n) is 1.40. The Morgan fingerprint density at radius 1 is 1.36 bits per heavy atom. The van der Waals surface area contributed by atoms with Gasteiger partial charge in [-0.25, -0.2) is 0 Å². The Morgan fingerprint density at radius 3 is 2.43 bits per heavy atom. The predicted octanol–water partition coefficient (Wildman–Crippen LogP) is 2.03. The molecule has 1 aromatic rings. The summed E-state index contributed by atoms with van der Waals surface area (Å²) in [6, 6.07) is 7.73. The first-order chi connectivity index (χ1) is 6.65. The second kappa shape index (κ2) is 4.91. The van der Waals surface area contributed by atoms with Crippen LogP contribution in [0.1, 0.15) is 22.8 Å². The summed E-state index contributed by atoms with van der Waals surface area (Å²) in [6.07, 6.45) is 0. The maximum absolute atomic E-state index is 11.8. The Hall–Kier alpha value is -1.15. The molecule has 2 nitrogen and oxygen atoms in total. The lowest BCUT2D eigenvalue weighted by atomic mass is 9.99. The Kier molecular flexibility index (Phi) is 3.84. The summed E-state index contributed by atoms with van der Waals surface area (Å²) >= 11 is 0. The van der Waals surface area contributed by atoms with E-state index in [0.717, 1.165) is 12.1 Å². The van der Waals surface area contributed by atoms with Gasteiger partial charge in [-0.2, -0.15) is 0 Å². The molecule has 14 heavy (non-hydrogen) atoms. The molecule has 0 aromatic heterocycles. The van der Waals surface area contributed by atoms with Gasteiger partial charge in [-0.3, -0.25) is 4.79 Å². The van der Waals surface area contributed by atoms with Crippen molar-refractivity contribution in [3.63, 3.8) is 0 Å². The number of ketones is 1. The largest absolute Gasteiger partial charge is 0.319 e. The topological polar surface area (TPSA) is 29.1 Å². The fourth-order valence-corrected chi connectivity index (χ4v) is 1.40. The van der Waals surface area contributed by atoms with Crippen LogP contribution in [-0.4, -0.2) is 19.4 Å². The molecule has 0 spiro atoms. The third kappa shape index (κ3) is 2.67. The molecular formula is C12H17NO. The van der Waals surface area contributed by atoms with Gasteiger partial charge in [0.05, 0.1) is 0 Å². The standard InChI is InChI=1S/C12H17NO/c1-9-4-6-11(7-5-9)12(14)10(2)8-13-3/h4-7,10,13H,8H2,1-3H3. The number of Topliss-reactive ketones (excluding diaryl/α,β-unsaturated/α-hetero) is 1. The van der Waals surface area contributed by atoms with Crippen molar-refractivity contribution >= 4 is 5.78 Å². The van der Waals surface area contributed by atoms with Crippen molar-refractivity contribution in [2.24, 2.45) is 5.92 Å². The molecule has 0 radical (unpaired) electrons. The van der Waals surface area contributed by atoms with Gasteiger partial charge in [0.25, 0.3) is 0 Å². The van der Waals surface area contributed by atoms with Gasteiger partial charge >= 0.3 is 0 Å². The van der Waals surface area contributed by atoms with Crippen molar-refractivity contribution in [2.75, 3.05) is 13.6 Å². The molecular weight excluding hydrogens is 174 g/mol. The van der Waals surface area contributed by atoms with E-state index in [1.54, 1.807) is 0 Å². The molecule has 0 bridgehead atoms. The zero-order valence-electron chi connectivity index (χ0n) is 9.00. The van der Waals surface area contributed by atoms with E-state index in [9.17, 15) is 4.79 Å². The van der Waals surface area contributed by atoms with E-state index in [4.69, 9.17) is 0 Å². The number of carbonyl (C=O) groups excluding carboxylic acids is 1. The highest BCUT2D eigenvalue weighted by atomic mass is 16.1. The predicted molar refractivity (Wildman–Crippen MR) is 58.6 cm³/mol. The number of carbonyl (C=O) groups is 1. The molecule has 1 N–H and O–H groups in total. The monoisotopic (exact) mass is 191 g/mol. The van der Waals surface area contributed by atoms with Gasteiger partial charge in [-0.05, 0) is 14.0 Å². The van der Waals surface area contributed by atoms with E-state index in [2.05, 4.69) is 5.32 Å². The van der Waals surface area contributed by atoms with E-state index < -0.39 is 0 Å². The summed E-state index contributed by atoms with van der Waals surface area (Å²) in [7, 11) is 1.86. The summed E-state index contributed by atoms with van der Waals surface area (Å²) in [6.45, 7) is 4.69. The smallest absolute Gasteiger partial charge is 0.166 e. The normalized spacial score (nSPS) is 12.5. The molecule has 0 saturated heterocycles. The van der Waals surface area contributed by atoms with Crippen molar-refractivity contribution in [3.05, 3.63) is 35.4 Å².